The summed E-state index contributed by atoms with van der Waals surface area (Å²) in [6.07, 6.45) is -0.372. The van der Waals surface area contributed by atoms with E-state index in [1.165, 1.54) is 5.69 Å². The number of hydrogen-bond acceptors (Lipinski definition) is 4. The Kier molecular flexibility index (Phi) is 5.63. The Labute approximate surface area is 115 Å². The Morgan fingerprint density at radius 2 is 1.84 bits per heavy atom. The molecule has 4 nitrogen and oxygen atoms in total. The molecule has 0 amide bonds. The van der Waals surface area contributed by atoms with Crippen molar-refractivity contribution < 1.29 is 9.84 Å². The van der Waals surface area contributed by atoms with Gasteiger partial charge in [0.2, 0.25) is 0 Å². The molecule has 1 aromatic rings. The van der Waals surface area contributed by atoms with Crippen LogP contribution in [0.5, 0.6) is 0 Å². The largest absolute Gasteiger partial charge is 0.389 e. The maximum Gasteiger partial charge on any atom is 0.0900 e. The van der Waals surface area contributed by atoms with Crippen LogP contribution in [0.15, 0.2) is 30.3 Å². The lowest BCUT2D eigenvalue weighted by Gasteiger charge is -2.36. The van der Waals surface area contributed by atoms with Crippen molar-refractivity contribution in [1.29, 1.82) is 0 Å². The maximum absolute atomic E-state index is 9.84. The van der Waals surface area contributed by atoms with Gasteiger partial charge in [0, 0.05) is 45.0 Å². The highest BCUT2D eigenvalue weighted by Crippen LogP contribution is 2.15. The number of benzene rings is 1. The lowest BCUT2D eigenvalue weighted by molar-refractivity contribution is 0.0202. The first-order valence-electron chi connectivity index (χ1n) is 7.07. The van der Waals surface area contributed by atoms with Crippen LogP contribution in [0.1, 0.15) is 6.92 Å². The molecule has 0 unspecified atom stereocenters. The van der Waals surface area contributed by atoms with Gasteiger partial charge in [-0.05, 0) is 19.1 Å². The van der Waals surface area contributed by atoms with Crippen molar-refractivity contribution in [2.75, 3.05) is 50.8 Å². The third kappa shape index (κ3) is 4.49. The number of hydrogen-bond donors (Lipinski definition) is 1. The Bertz CT molecular complexity index is 350. The van der Waals surface area contributed by atoms with E-state index in [0.717, 1.165) is 26.2 Å². The summed E-state index contributed by atoms with van der Waals surface area (Å²) in [5, 5.41) is 9.84. The summed E-state index contributed by atoms with van der Waals surface area (Å²) < 4.78 is 5.24. The first-order chi connectivity index (χ1) is 9.29. The van der Waals surface area contributed by atoms with E-state index >= 15 is 0 Å². The third-order valence-corrected chi connectivity index (χ3v) is 3.48. The van der Waals surface area contributed by atoms with E-state index in [1.807, 2.05) is 13.0 Å². The smallest absolute Gasteiger partial charge is 0.0900 e. The molecule has 1 heterocycles. The molecule has 0 radical (unpaired) electrons. The van der Waals surface area contributed by atoms with Gasteiger partial charge in [-0.15, -0.1) is 0 Å². The van der Waals surface area contributed by atoms with Crippen LogP contribution >= 0.6 is 0 Å². The second kappa shape index (κ2) is 7.48. The summed E-state index contributed by atoms with van der Waals surface area (Å²) in [7, 11) is 0. The van der Waals surface area contributed by atoms with Gasteiger partial charge in [-0.2, -0.15) is 0 Å². The minimum atomic E-state index is -0.372. The second-order valence-electron chi connectivity index (χ2n) is 4.94. The number of para-hydroxylation sites is 1. The average Bonchev–Trinajstić information content (AvgIpc) is 2.47. The molecule has 1 saturated heterocycles. The van der Waals surface area contributed by atoms with Gasteiger partial charge in [-0.3, -0.25) is 4.90 Å². The van der Waals surface area contributed by atoms with Crippen LogP contribution in [0, 0.1) is 0 Å². The molecule has 1 aromatic carbocycles. The zero-order valence-electron chi connectivity index (χ0n) is 11.7. The van der Waals surface area contributed by atoms with Gasteiger partial charge in [0.25, 0.3) is 0 Å². The number of aliphatic hydroxyl groups excluding tert-OH is 1. The van der Waals surface area contributed by atoms with Gasteiger partial charge in [-0.1, -0.05) is 18.2 Å². The average molecular weight is 264 g/mol. The number of ether oxygens (including phenoxy) is 1. The first kappa shape index (κ1) is 14.3. The van der Waals surface area contributed by atoms with E-state index in [2.05, 4.69) is 34.1 Å². The Balaban J connectivity index is 1.73. The predicted molar refractivity (Wildman–Crippen MR) is 77.6 cm³/mol. The molecule has 0 spiro atoms. The van der Waals surface area contributed by atoms with Gasteiger partial charge < -0.3 is 14.7 Å². The van der Waals surface area contributed by atoms with E-state index in [-0.39, 0.29) is 6.10 Å². The fourth-order valence-corrected chi connectivity index (χ4v) is 2.43. The summed E-state index contributed by atoms with van der Waals surface area (Å²) in [5.74, 6) is 0. The zero-order valence-corrected chi connectivity index (χ0v) is 11.7. The Morgan fingerprint density at radius 1 is 1.16 bits per heavy atom. The number of piperazine rings is 1. The monoisotopic (exact) mass is 264 g/mol. The van der Waals surface area contributed by atoms with Crippen LogP contribution in [-0.2, 0) is 4.74 Å². The third-order valence-electron chi connectivity index (χ3n) is 3.48. The van der Waals surface area contributed by atoms with Gasteiger partial charge in [0.15, 0.2) is 0 Å². The molecule has 4 heteroatoms. The highest BCUT2D eigenvalue weighted by atomic mass is 16.5. The van der Waals surface area contributed by atoms with Crippen molar-refractivity contribution in [3.05, 3.63) is 30.3 Å². The van der Waals surface area contributed by atoms with Crippen LogP contribution in [0.3, 0.4) is 0 Å². The van der Waals surface area contributed by atoms with Crippen LogP contribution in [-0.4, -0.2) is 62.0 Å². The number of anilines is 1. The van der Waals surface area contributed by atoms with E-state index in [1.54, 1.807) is 0 Å². The molecule has 1 fully saturated rings. The fraction of sp³-hybridized carbons (Fsp3) is 0.600. The molecule has 2 rings (SSSR count). The standard InChI is InChI=1S/C15H24N2O2/c1-2-19-13-15(18)12-16-8-10-17(11-9-16)14-6-4-3-5-7-14/h3-7,15,18H,2,8-13H2,1H3/t15-/m0/s1. The van der Waals surface area contributed by atoms with E-state index in [4.69, 9.17) is 4.74 Å². The van der Waals surface area contributed by atoms with Crippen LogP contribution in [0.2, 0.25) is 0 Å². The lowest BCUT2D eigenvalue weighted by atomic mass is 10.2. The molecule has 19 heavy (non-hydrogen) atoms. The van der Waals surface area contributed by atoms with Crippen molar-refractivity contribution in [3.8, 4) is 0 Å². The fourth-order valence-electron chi connectivity index (χ4n) is 2.43. The van der Waals surface area contributed by atoms with Crippen LogP contribution in [0.25, 0.3) is 0 Å². The molecule has 0 bridgehead atoms. The summed E-state index contributed by atoms with van der Waals surface area (Å²) in [4.78, 5) is 4.70. The van der Waals surface area contributed by atoms with Gasteiger partial charge in [0.1, 0.15) is 0 Å². The number of nitrogens with zero attached hydrogens (tertiary/aromatic N) is 2. The second-order valence-corrected chi connectivity index (χ2v) is 4.94. The molecule has 0 aromatic heterocycles. The molecule has 0 saturated carbocycles. The van der Waals surface area contributed by atoms with Crippen molar-refractivity contribution >= 4 is 5.69 Å². The number of β-amino-alcohol motifs (C(OH)–C–C–N with tert-alkyl or cyclic N) is 1. The molecule has 106 valence electrons. The minimum absolute atomic E-state index is 0.372. The van der Waals surface area contributed by atoms with Crippen molar-refractivity contribution in [2.45, 2.75) is 13.0 Å². The Hall–Kier alpha value is -1.10. The van der Waals surface area contributed by atoms with Crippen molar-refractivity contribution in [2.24, 2.45) is 0 Å². The summed E-state index contributed by atoms with van der Waals surface area (Å²) in [6, 6.07) is 10.5. The van der Waals surface area contributed by atoms with Crippen molar-refractivity contribution in [3.63, 3.8) is 0 Å². The Morgan fingerprint density at radius 3 is 2.47 bits per heavy atom. The van der Waals surface area contributed by atoms with Crippen LogP contribution < -0.4 is 4.90 Å². The molecule has 1 atom stereocenters. The number of aliphatic hydroxyl groups is 1. The van der Waals surface area contributed by atoms with Crippen LogP contribution in [0.4, 0.5) is 5.69 Å². The SMILES string of the molecule is CCOC[C@@H](O)CN1CCN(c2ccccc2)CC1. The molecule has 1 aliphatic rings. The summed E-state index contributed by atoms with van der Waals surface area (Å²) in [6.45, 7) is 7.80. The summed E-state index contributed by atoms with van der Waals surface area (Å²) >= 11 is 0. The first-order valence-corrected chi connectivity index (χ1v) is 7.07. The topological polar surface area (TPSA) is 35.9 Å². The lowest BCUT2D eigenvalue weighted by Crippen LogP contribution is -2.49. The maximum atomic E-state index is 9.84. The minimum Gasteiger partial charge on any atom is -0.389 e. The summed E-state index contributed by atoms with van der Waals surface area (Å²) in [5.41, 5.74) is 1.29. The zero-order chi connectivity index (χ0) is 13.5. The quantitative estimate of drug-likeness (QED) is 0.838. The normalized spacial score (nSPS) is 18.5. The highest BCUT2D eigenvalue weighted by molar-refractivity contribution is 5.46. The molecule has 1 N–H and O–H groups in total. The van der Waals surface area contributed by atoms with E-state index in [9.17, 15) is 5.11 Å². The van der Waals surface area contributed by atoms with E-state index in [0.29, 0.717) is 19.8 Å². The van der Waals surface area contributed by atoms with Crippen molar-refractivity contribution in [1.82, 2.24) is 4.90 Å². The van der Waals surface area contributed by atoms with E-state index < -0.39 is 0 Å². The van der Waals surface area contributed by atoms with Gasteiger partial charge >= 0.3 is 0 Å². The van der Waals surface area contributed by atoms with Gasteiger partial charge in [0.05, 0.1) is 12.7 Å². The predicted octanol–water partition coefficient (Wildman–Crippen LogP) is 1.21. The highest BCUT2D eigenvalue weighted by Gasteiger charge is 2.19. The molecular formula is C15H24N2O2. The molecule has 1 aliphatic heterocycles. The molecular weight excluding hydrogens is 240 g/mol. The van der Waals surface area contributed by atoms with Gasteiger partial charge in [-0.25, -0.2) is 0 Å². The number of rotatable bonds is 6. The molecule has 0 aliphatic carbocycles.